The quantitative estimate of drug-likeness (QED) is 0.113. The monoisotopic (exact) mass is 868 g/mol. The van der Waals surface area contributed by atoms with Crippen molar-refractivity contribution in [3.63, 3.8) is 0 Å². The summed E-state index contributed by atoms with van der Waals surface area (Å²) in [6.45, 7) is 0. The van der Waals surface area contributed by atoms with Gasteiger partial charge < -0.3 is 9.80 Å². The van der Waals surface area contributed by atoms with Crippen LogP contribution in [-0.2, 0) is 0 Å². The van der Waals surface area contributed by atoms with Gasteiger partial charge in [0.15, 0.2) is 0 Å². The van der Waals surface area contributed by atoms with E-state index in [1.54, 1.807) is 0 Å². The first-order valence-corrected chi connectivity index (χ1v) is 23.2. The zero-order chi connectivity index (χ0) is 45.5. The number of anilines is 6. The number of benzene rings is 11. The molecule has 11 aromatic rings. The topological polar surface area (TPSA) is 6.48 Å². The van der Waals surface area contributed by atoms with Crippen LogP contribution in [0.4, 0.5) is 34.1 Å². The molecule has 0 bridgehead atoms. The van der Waals surface area contributed by atoms with Crippen LogP contribution in [0.2, 0.25) is 0 Å². The van der Waals surface area contributed by atoms with E-state index in [0.29, 0.717) is 0 Å². The Morgan fingerprint density at radius 3 is 0.809 bits per heavy atom. The molecule has 2 nitrogen and oxygen atoms in total. The van der Waals surface area contributed by atoms with Crippen LogP contribution in [0.5, 0.6) is 0 Å². The number of hydrogen-bond donors (Lipinski definition) is 0. The van der Waals surface area contributed by atoms with Crippen LogP contribution in [0.3, 0.4) is 0 Å². The van der Waals surface area contributed by atoms with Gasteiger partial charge in [0.1, 0.15) is 0 Å². The standard InChI is InChI=1S/C66H48N2/c1-5-13-51(14-6-1)55-27-38-62(39-28-55)67(63-40-29-56(30-41-63)52-15-7-2-8-16-52)61-36-24-49(25-37-61)21-22-50-23-26-60-48-66(46-35-59(60)47-50)68(64-42-31-57(32-43-64)53-17-9-3-10-18-53)65-44-33-58(34-45-65)54-19-11-4-12-20-54/h1-48H/b22-21+. The Morgan fingerprint density at radius 1 is 0.191 bits per heavy atom. The molecule has 0 heterocycles. The first kappa shape index (κ1) is 41.7. The van der Waals surface area contributed by atoms with Crippen LogP contribution in [-0.4, -0.2) is 0 Å². The van der Waals surface area contributed by atoms with E-state index in [1.807, 2.05) is 0 Å². The molecular formula is C66H48N2. The van der Waals surface area contributed by atoms with Crippen LogP contribution >= 0.6 is 0 Å². The summed E-state index contributed by atoms with van der Waals surface area (Å²) in [5.41, 5.74) is 18.5. The second-order valence-electron chi connectivity index (χ2n) is 17.0. The Hall–Kier alpha value is -8.98. The van der Waals surface area contributed by atoms with Crippen molar-refractivity contribution in [1.82, 2.24) is 0 Å². The maximum Gasteiger partial charge on any atom is 0.0468 e. The molecule has 11 aromatic carbocycles. The fourth-order valence-corrected chi connectivity index (χ4v) is 9.05. The van der Waals surface area contributed by atoms with Gasteiger partial charge in [0.05, 0.1) is 0 Å². The lowest BCUT2D eigenvalue weighted by Gasteiger charge is -2.26. The van der Waals surface area contributed by atoms with Gasteiger partial charge in [0.2, 0.25) is 0 Å². The van der Waals surface area contributed by atoms with Crippen LogP contribution in [0.25, 0.3) is 67.4 Å². The molecule has 0 aliphatic carbocycles. The van der Waals surface area contributed by atoms with Crippen molar-refractivity contribution in [1.29, 1.82) is 0 Å². The third kappa shape index (κ3) is 9.13. The lowest BCUT2D eigenvalue weighted by molar-refractivity contribution is 1.28. The van der Waals surface area contributed by atoms with Crippen LogP contribution < -0.4 is 9.80 Å². The van der Waals surface area contributed by atoms with Gasteiger partial charge in [-0.2, -0.15) is 0 Å². The van der Waals surface area contributed by atoms with Crippen molar-refractivity contribution in [2.45, 2.75) is 0 Å². The summed E-state index contributed by atoms with van der Waals surface area (Å²) in [6.07, 6.45) is 4.41. The molecule has 0 unspecified atom stereocenters. The first-order chi connectivity index (χ1) is 33.7. The molecule has 0 saturated heterocycles. The molecule has 0 radical (unpaired) electrons. The zero-order valence-corrected chi connectivity index (χ0v) is 37.6. The summed E-state index contributed by atoms with van der Waals surface area (Å²) in [7, 11) is 0. The van der Waals surface area contributed by atoms with E-state index in [1.165, 1.54) is 55.3 Å². The van der Waals surface area contributed by atoms with Gasteiger partial charge in [-0.05, 0) is 145 Å². The highest BCUT2D eigenvalue weighted by molar-refractivity contribution is 5.92. The normalized spacial score (nSPS) is 11.2. The summed E-state index contributed by atoms with van der Waals surface area (Å²) in [5, 5.41) is 2.38. The predicted molar refractivity (Wildman–Crippen MR) is 290 cm³/mol. The second kappa shape index (κ2) is 19.2. The minimum Gasteiger partial charge on any atom is -0.311 e. The summed E-state index contributed by atoms with van der Waals surface area (Å²) < 4.78 is 0. The van der Waals surface area contributed by atoms with E-state index in [4.69, 9.17) is 0 Å². The van der Waals surface area contributed by atoms with E-state index in [0.717, 1.165) is 45.3 Å². The van der Waals surface area contributed by atoms with Crippen molar-refractivity contribution in [3.05, 3.63) is 290 Å². The molecule has 68 heavy (non-hydrogen) atoms. The number of fused-ring (bicyclic) bond motifs is 1. The lowest BCUT2D eigenvalue weighted by atomic mass is 10.0. The highest BCUT2D eigenvalue weighted by atomic mass is 15.1. The fraction of sp³-hybridized carbons (Fsp3) is 0. The van der Waals surface area contributed by atoms with Crippen LogP contribution in [0.15, 0.2) is 279 Å². The van der Waals surface area contributed by atoms with E-state index >= 15 is 0 Å². The van der Waals surface area contributed by atoms with Gasteiger partial charge >= 0.3 is 0 Å². The molecule has 11 rings (SSSR count). The summed E-state index contributed by atoms with van der Waals surface area (Å²) >= 11 is 0. The Labute approximate surface area is 399 Å². The Morgan fingerprint density at radius 2 is 0.441 bits per heavy atom. The largest absolute Gasteiger partial charge is 0.311 e. The van der Waals surface area contributed by atoms with Gasteiger partial charge in [-0.3, -0.25) is 0 Å². The summed E-state index contributed by atoms with van der Waals surface area (Å²) in [4.78, 5) is 4.68. The van der Waals surface area contributed by atoms with Gasteiger partial charge in [-0.15, -0.1) is 0 Å². The molecule has 0 saturated carbocycles. The molecule has 0 fully saturated rings. The van der Waals surface area contributed by atoms with Crippen molar-refractivity contribution in [2.24, 2.45) is 0 Å². The molecule has 0 spiro atoms. The maximum atomic E-state index is 2.35. The van der Waals surface area contributed by atoms with E-state index < -0.39 is 0 Å². The molecule has 0 atom stereocenters. The zero-order valence-electron chi connectivity index (χ0n) is 37.6. The minimum atomic E-state index is 1.09. The van der Waals surface area contributed by atoms with Crippen LogP contribution in [0.1, 0.15) is 11.1 Å². The number of nitrogens with zero attached hydrogens (tertiary/aromatic N) is 2. The fourth-order valence-electron chi connectivity index (χ4n) is 9.05. The average Bonchev–Trinajstić information content (AvgIpc) is 3.42. The molecule has 322 valence electrons. The van der Waals surface area contributed by atoms with Gasteiger partial charge in [-0.1, -0.05) is 212 Å². The minimum absolute atomic E-state index is 1.09. The third-order valence-corrected chi connectivity index (χ3v) is 12.7. The van der Waals surface area contributed by atoms with Crippen molar-refractivity contribution in [3.8, 4) is 44.5 Å². The molecule has 0 amide bonds. The number of hydrogen-bond acceptors (Lipinski definition) is 2. The molecular weight excluding hydrogens is 821 g/mol. The Bertz CT molecular complexity index is 3250. The Kier molecular flexibility index (Phi) is 11.8. The summed E-state index contributed by atoms with van der Waals surface area (Å²) in [6, 6.07) is 100. The van der Waals surface area contributed by atoms with Crippen molar-refractivity contribution < 1.29 is 0 Å². The second-order valence-corrected chi connectivity index (χ2v) is 17.0. The smallest absolute Gasteiger partial charge is 0.0468 e. The average molecular weight is 869 g/mol. The molecule has 2 heteroatoms. The molecule has 0 aliphatic rings. The highest BCUT2D eigenvalue weighted by Crippen LogP contribution is 2.40. The SMILES string of the molecule is C(=C\c1ccc2cc(N(c3ccc(-c4ccccc4)cc3)c3ccc(-c4ccccc4)cc3)ccc2c1)/c1ccc(N(c2ccc(-c3ccccc3)cc2)c2ccc(-c3ccccc3)cc2)cc1. The number of rotatable bonds is 12. The van der Waals surface area contributed by atoms with Gasteiger partial charge in [0, 0.05) is 34.1 Å². The van der Waals surface area contributed by atoms with Crippen LogP contribution in [0, 0.1) is 0 Å². The maximum absolute atomic E-state index is 2.35. The first-order valence-electron chi connectivity index (χ1n) is 23.2. The third-order valence-electron chi connectivity index (χ3n) is 12.7. The van der Waals surface area contributed by atoms with E-state index in [9.17, 15) is 0 Å². The van der Waals surface area contributed by atoms with Crippen molar-refractivity contribution in [2.75, 3.05) is 9.80 Å². The van der Waals surface area contributed by atoms with E-state index in [2.05, 4.69) is 301 Å². The molecule has 0 aliphatic heterocycles. The van der Waals surface area contributed by atoms with Crippen molar-refractivity contribution >= 4 is 57.0 Å². The Balaban J connectivity index is 0.860. The lowest BCUT2D eigenvalue weighted by Crippen LogP contribution is -2.09. The van der Waals surface area contributed by atoms with Gasteiger partial charge in [-0.25, -0.2) is 0 Å². The molecule has 0 aromatic heterocycles. The van der Waals surface area contributed by atoms with E-state index in [-0.39, 0.29) is 0 Å². The summed E-state index contributed by atoms with van der Waals surface area (Å²) in [5.74, 6) is 0. The van der Waals surface area contributed by atoms with Gasteiger partial charge in [0.25, 0.3) is 0 Å². The molecule has 0 N–H and O–H groups in total. The highest BCUT2D eigenvalue weighted by Gasteiger charge is 2.16. The predicted octanol–water partition coefficient (Wildman–Crippen LogP) is 18.6.